The van der Waals surface area contributed by atoms with Crippen LogP contribution in [0.25, 0.3) is 0 Å². The fourth-order valence-corrected chi connectivity index (χ4v) is 3.01. The van der Waals surface area contributed by atoms with E-state index in [1.54, 1.807) is 6.92 Å². The first-order chi connectivity index (χ1) is 6.20. The second-order valence-electron chi connectivity index (χ2n) is 4.87. The molecule has 2 rings (SSSR count). The molecule has 0 aromatic rings. The van der Waals surface area contributed by atoms with Crippen LogP contribution in [0.5, 0.6) is 0 Å². The van der Waals surface area contributed by atoms with Gasteiger partial charge in [0.15, 0.2) is 0 Å². The third kappa shape index (κ3) is 1.93. The highest BCUT2D eigenvalue weighted by Gasteiger charge is 2.39. The average Bonchev–Trinajstić information content (AvgIpc) is 2.63. The Hall–Kier alpha value is -0.370. The molecular formula is C11H19NO. The Morgan fingerprint density at radius 2 is 2.00 bits per heavy atom. The van der Waals surface area contributed by atoms with Gasteiger partial charge < -0.3 is 0 Å². The molecule has 0 atom stereocenters. The number of likely N-dealkylation sites (tertiary alicyclic amines) is 1. The minimum atomic E-state index is 0.315. The van der Waals surface area contributed by atoms with Crippen LogP contribution in [0.15, 0.2) is 0 Å². The van der Waals surface area contributed by atoms with Crippen molar-refractivity contribution < 1.29 is 4.79 Å². The molecule has 0 N–H and O–H groups in total. The molecule has 0 aromatic carbocycles. The fraction of sp³-hybridized carbons (Fsp3) is 0.909. The quantitative estimate of drug-likeness (QED) is 0.648. The molecule has 1 spiro atoms. The van der Waals surface area contributed by atoms with Crippen molar-refractivity contribution in [1.82, 2.24) is 4.90 Å². The van der Waals surface area contributed by atoms with Crippen LogP contribution in [0, 0.1) is 5.41 Å². The number of carbonyl (C=O) groups excluding carboxylic acids is 1. The van der Waals surface area contributed by atoms with Crippen LogP contribution in [-0.4, -0.2) is 30.3 Å². The lowest BCUT2D eigenvalue weighted by Crippen LogP contribution is -2.29. The van der Waals surface area contributed by atoms with Crippen molar-refractivity contribution in [3.8, 4) is 0 Å². The van der Waals surface area contributed by atoms with Crippen LogP contribution >= 0.6 is 0 Å². The molecule has 1 aliphatic heterocycles. The van der Waals surface area contributed by atoms with Crippen molar-refractivity contribution in [2.45, 2.75) is 39.0 Å². The minimum Gasteiger partial charge on any atom is -0.299 e. The highest BCUT2D eigenvalue weighted by atomic mass is 16.1. The van der Waals surface area contributed by atoms with Gasteiger partial charge in [0.2, 0.25) is 0 Å². The van der Waals surface area contributed by atoms with Crippen LogP contribution in [-0.2, 0) is 4.79 Å². The third-order valence-corrected chi connectivity index (χ3v) is 3.63. The van der Waals surface area contributed by atoms with E-state index in [1.165, 1.54) is 38.6 Å². The molecule has 13 heavy (non-hydrogen) atoms. The molecule has 2 aliphatic rings. The lowest BCUT2D eigenvalue weighted by atomic mass is 9.86. The number of carbonyl (C=O) groups is 1. The van der Waals surface area contributed by atoms with Crippen LogP contribution in [0.1, 0.15) is 39.0 Å². The maximum absolute atomic E-state index is 11.0. The van der Waals surface area contributed by atoms with Gasteiger partial charge in [-0.15, -0.1) is 0 Å². The van der Waals surface area contributed by atoms with Gasteiger partial charge in [-0.05, 0) is 38.1 Å². The van der Waals surface area contributed by atoms with Gasteiger partial charge in [0, 0.05) is 6.54 Å². The summed E-state index contributed by atoms with van der Waals surface area (Å²) in [7, 11) is 0. The Morgan fingerprint density at radius 3 is 2.62 bits per heavy atom. The molecule has 1 saturated carbocycles. The summed E-state index contributed by atoms with van der Waals surface area (Å²) in [5.41, 5.74) is 0.620. The first-order valence-electron chi connectivity index (χ1n) is 5.42. The lowest BCUT2D eigenvalue weighted by Gasteiger charge is -2.22. The van der Waals surface area contributed by atoms with Gasteiger partial charge in [-0.25, -0.2) is 0 Å². The highest BCUT2D eigenvalue weighted by Crippen LogP contribution is 2.45. The number of hydrogen-bond acceptors (Lipinski definition) is 2. The number of ketones is 1. The highest BCUT2D eigenvalue weighted by molar-refractivity contribution is 5.77. The van der Waals surface area contributed by atoms with Crippen molar-refractivity contribution in [3.63, 3.8) is 0 Å². The first-order valence-corrected chi connectivity index (χ1v) is 5.42. The minimum absolute atomic E-state index is 0.315. The molecular weight excluding hydrogens is 162 g/mol. The number of rotatable bonds is 2. The molecule has 2 nitrogen and oxygen atoms in total. The van der Waals surface area contributed by atoms with E-state index in [9.17, 15) is 4.79 Å². The normalized spacial score (nSPS) is 27.2. The Kier molecular flexibility index (Phi) is 2.41. The largest absolute Gasteiger partial charge is 0.299 e. The van der Waals surface area contributed by atoms with E-state index in [-0.39, 0.29) is 0 Å². The smallest absolute Gasteiger partial charge is 0.143 e. The average molecular weight is 181 g/mol. The molecule has 0 aromatic heterocycles. The zero-order valence-corrected chi connectivity index (χ0v) is 8.51. The van der Waals surface area contributed by atoms with Gasteiger partial charge in [-0.3, -0.25) is 9.69 Å². The summed E-state index contributed by atoms with van der Waals surface area (Å²) >= 11 is 0. The molecule has 1 heterocycles. The van der Waals surface area contributed by atoms with E-state index >= 15 is 0 Å². The monoisotopic (exact) mass is 181 g/mol. The maximum Gasteiger partial charge on any atom is 0.143 e. The van der Waals surface area contributed by atoms with Crippen molar-refractivity contribution in [2.24, 2.45) is 5.41 Å². The Labute approximate surface area is 80.3 Å². The summed E-state index contributed by atoms with van der Waals surface area (Å²) in [6, 6.07) is 0. The van der Waals surface area contributed by atoms with Gasteiger partial charge in [-0.2, -0.15) is 0 Å². The van der Waals surface area contributed by atoms with Gasteiger partial charge in [-0.1, -0.05) is 12.8 Å². The first kappa shape index (κ1) is 9.20. The third-order valence-electron chi connectivity index (χ3n) is 3.63. The number of hydrogen-bond donors (Lipinski definition) is 0. The van der Waals surface area contributed by atoms with E-state index in [0.29, 0.717) is 17.7 Å². The second-order valence-corrected chi connectivity index (χ2v) is 4.87. The van der Waals surface area contributed by atoms with E-state index in [1.807, 2.05) is 0 Å². The Bertz CT molecular complexity index is 206. The predicted molar refractivity (Wildman–Crippen MR) is 52.6 cm³/mol. The predicted octanol–water partition coefficient (Wildman–Crippen LogP) is 1.84. The molecule has 2 heteroatoms. The summed E-state index contributed by atoms with van der Waals surface area (Å²) in [5, 5.41) is 0. The van der Waals surface area contributed by atoms with Gasteiger partial charge in [0.05, 0.1) is 6.54 Å². The van der Waals surface area contributed by atoms with E-state index in [2.05, 4.69) is 4.90 Å². The van der Waals surface area contributed by atoms with Gasteiger partial charge >= 0.3 is 0 Å². The molecule has 1 saturated heterocycles. The summed E-state index contributed by atoms with van der Waals surface area (Å²) < 4.78 is 0. The molecule has 74 valence electrons. The topological polar surface area (TPSA) is 20.3 Å². The van der Waals surface area contributed by atoms with Crippen LogP contribution in [0.2, 0.25) is 0 Å². The van der Waals surface area contributed by atoms with Crippen LogP contribution in [0.3, 0.4) is 0 Å². The summed E-state index contributed by atoms with van der Waals surface area (Å²) in [5.74, 6) is 0.315. The SMILES string of the molecule is CC(=O)CN1CCC2(CCCC2)C1. The Morgan fingerprint density at radius 1 is 1.31 bits per heavy atom. The molecule has 0 bridgehead atoms. The molecule has 0 radical (unpaired) electrons. The zero-order chi connectivity index (χ0) is 9.31. The standard InChI is InChI=1S/C11H19NO/c1-10(13)8-12-7-6-11(9-12)4-2-3-5-11/h2-9H2,1H3. The number of nitrogens with zero attached hydrogens (tertiary/aromatic N) is 1. The number of Topliss-reactive ketones (excluding diaryl/α,β-unsaturated/α-hetero) is 1. The second kappa shape index (κ2) is 3.41. The van der Waals surface area contributed by atoms with E-state index < -0.39 is 0 Å². The molecule has 2 fully saturated rings. The van der Waals surface area contributed by atoms with E-state index in [0.717, 1.165) is 6.54 Å². The zero-order valence-electron chi connectivity index (χ0n) is 8.51. The van der Waals surface area contributed by atoms with E-state index in [4.69, 9.17) is 0 Å². The molecule has 0 unspecified atom stereocenters. The van der Waals surface area contributed by atoms with Crippen molar-refractivity contribution in [3.05, 3.63) is 0 Å². The summed E-state index contributed by atoms with van der Waals surface area (Å²) in [6.07, 6.45) is 6.96. The summed E-state index contributed by atoms with van der Waals surface area (Å²) in [6.45, 7) is 4.72. The molecule has 0 amide bonds. The van der Waals surface area contributed by atoms with Crippen molar-refractivity contribution >= 4 is 5.78 Å². The fourth-order valence-electron chi connectivity index (χ4n) is 3.01. The lowest BCUT2D eigenvalue weighted by molar-refractivity contribution is -0.117. The van der Waals surface area contributed by atoms with Gasteiger partial charge in [0.25, 0.3) is 0 Å². The Balaban J connectivity index is 1.89. The maximum atomic E-state index is 11.0. The van der Waals surface area contributed by atoms with Crippen LogP contribution < -0.4 is 0 Å². The molecule has 1 aliphatic carbocycles. The van der Waals surface area contributed by atoms with Gasteiger partial charge in [0.1, 0.15) is 5.78 Å². The summed E-state index contributed by atoms with van der Waals surface area (Å²) in [4.78, 5) is 13.3. The van der Waals surface area contributed by atoms with Crippen molar-refractivity contribution in [1.29, 1.82) is 0 Å². The van der Waals surface area contributed by atoms with Crippen LogP contribution in [0.4, 0.5) is 0 Å². The van der Waals surface area contributed by atoms with Crippen molar-refractivity contribution in [2.75, 3.05) is 19.6 Å².